The zero-order valence-electron chi connectivity index (χ0n) is 15.5. The van der Waals surface area contributed by atoms with Crippen LogP contribution in [0, 0.1) is 13.8 Å². The number of amides is 1. The van der Waals surface area contributed by atoms with Gasteiger partial charge in [-0.25, -0.2) is 0 Å². The van der Waals surface area contributed by atoms with E-state index in [4.69, 9.17) is 0 Å². The lowest BCUT2D eigenvalue weighted by Crippen LogP contribution is -2.32. The van der Waals surface area contributed by atoms with Crippen LogP contribution in [0.25, 0.3) is 15.7 Å². The number of thiophene rings is 1. The molecule has 7 heteroatoms. The smallest absolute Gasteiger partial charge is 0.237 e. The Morgan fingerprint density at radius 3 is 2.81 bits per heavy atom. The Morgan fingerprint density at radius 2 is 2.04 bits per heavy atom. The van der Waals surface area contributed by atoms with Gasteiger partial charge in [-0.05, 0) is 56.0 Å². The third kappa shape index (κ3) is 3.33. The molecule has 0 aliphatic rings. The van der Waals surface area contributed by atoms with Crippen LogP contribution in [0.1, 0.15) is 18.3 Å². The van der Waals surface area contributed by atoms with Crippen molar-refractivity contribution >= 4 is 50.4 Å². The van der Waals surface area contributed by atoms with E-state index in [2.05, 4.69) is 32.1 Å². The van der Waals surface area contributed by atoms with E-state index in [0.29, 0.717) is 12.3 Å². The van der Waals surface area contributed by atoms with E-state index in [0.717, 1.165) is 33.1 Å². The van der Waals surface area contributed by atoms with Crippen LogP contribution in [0.5, 0.6) is 0 Å². The van der Waals surface area contributed by atoms with E-state index >= 15 is 0 Å². The molecule has 0 aliphatic carbocycles. The second-order valence-electron chi connectivity index (χ2n) is 6.35. The average molecular weight is 397 g/mol. The maximum atomic E-state index is 12.8. The third-order valence-corrected chi connectivity index (χ3v) is 6.32. The molecule has 27 heavy (non-hydrogen) atoms. The molecule has 3 aromatic heterocycles. The normalized spacial score (nSPS) is 11.4. The van der Waals surface area contributed by atoms with E-state index in [1.807, 2.05) is 49.9 Å². The molecule has 0 bridgehead atoms. The summed E-state index contributed by atoms with van der Waals surface area (Å²) in [7, 11) is 0. The van der Waals surface area contributed by atoms with Gasteiger partial charge >= 0.3 is 0 Å². The van der Waals surface area contributed by atoms with Crippen LogP contribution in [0.3, 0.4) is 0 Å². The summed E-state index contributed by atoms with van der Waals surface area (Å²) in [6.45, 7) is 6.62. The number of anilines is 1. The largest absolute Gasteiger partial charge is 0.312 e. The summed E-state index contributed by atoms with van der Waals surface area (Å²) < 4.78 is 3.32. The van der Waals surface area contributed by atoms with Crippen LogP contribution >= 0.6 is 23.1 Å². The lowest BCUT2D eigenvalue weighted by atomic mass is 10.2. The fourth-order valence-corrected chi connectivity index (χ4v) is 4.87. The van der Waals surface area contributed by atoms with E-state index < -0.39 is 0 Å². The molecule has 138 valence electrons. The highest BCUT2D eigenvalue weighted by Gasteiger charge is 2.17. The van der Waals surface area contributed by atoms with Gasteiger partial charge in [-0.2, -0.15) is 0 Å². The topological polar surface area (TPSA) is 50.5 Å². The Morgan fingerprint density at radius 1 is 1.19 bits per heavy atom. The van der Waals surface area contributed by atoms with Crippen molar-refractivity contribution in [1.82, 2.24) is 14.6 Å². The number of hydrogen-bond donors (Lipinski definition) is 0. The minimum atomic E-state index is 0.0713. The lowest BCUT2D eigenvalue weighted by molar-refractivity contribution is -0.116. The Balaban J connectivity index is 1.59. The highest BCUT2D eigenvalue weighted by atomic mass is 32.2. The molecular weight excluding hydrogens is 376 g/mol. The van der Waals surface area contributed by atoms with E-state index in [1.54, 1.807) is 11.3 Å². The van der Waals surface area contributed by atoms with Crippen molar-refractivity contribution in [2.75, 3.05) is 17.2 Å². The molecule has 0 saturated carbocycles. The molecule has 1 aromatic carbocycles. The molecule has 0 radical (unpaired) electrons. The summed E-state index contributed by atoms with van der Waals surface area (Å²) >= 11 is 3.15. The van der Waals surface area contributed by atoms with Crippen molar-refractivity contribution in [2.24, 2.45) is 0 Å². The van der Waals surface area contributed by atoms with E-state index in [9.17, 15) is 4.79 Å². The number of carbonyl (C=O) groups excluding carboxylic acids is 1. The first-order valence-electron chi connectivity index (χ1n) is 8.80. The molecule has 0 spiro atoms. The van der Waals surface area contributed by atoms with Gasteiger partial charge in [-0.1, -0.05) is 23.9 Å². The number of thioether (sulfide) groups is 1. The number of carbonyl (C=O) groups is 1. The molecule has 0 atom stereocenters. The van der Waals surface area contributed by atoms with E-state index in [1.165, 1.54) is 16.5 Å². The number of nitrogens with zero attached hydrogens (tertiary/aromatic N) is 4. The van der Waals surface area contributed by atoms with Gasteiger partial charge in [0.15, 0.2) is 0 Å². The lowest BCUT2D eigenvalue weighted by Gasteiger charge is -2.21. The van der Waals surface area contributed by atoms with Crippen LogP contribution in [0.15, 0.2) is 46.8 Å². The molecule has 4 aromatic rings. The predicted octanol–water partition coefficient (Wildman–Crippen LogP) is 4.71. The molecule has 3 heterocycles. The Labute approximate surface area is 166 Å². The number of aryl methyl sites for hydroxylation is 2. The van der Waals surface area contributed by atoms with Gasteiger partial charge in [-0.15, -0.1) is 21.5 Å². The molecule has 0 saturated heterocycles. The fourth-order valence-electron chi connectivity index (χ4n) is 3.25. The van der Waals surface area contributed by atoms with Crippen molar-refractivity contribution in [3.05, 3.63) is 53.2 Å². The van der Waals surface area contributed by atoms with Gasteiger partial charge in [-0.3, -0.25) is 9.20 Å². The third-order valence-electron chi connectivity index (χ3n) is 4.51. The molecule has 4 rings (SSSR count). The number of benzene rings is 1. The zero-order valence-corrected chi connectivity index (χ0v) is 17.1. The first-order valence-corrected chi connectivity index (χ1v) is 10.7. The number of fused-ring (bicyclic) bond motifs is 3. The monoisotopic (exact) mass is 396 g/mol. The fraction of sp³-hybridized carbons (Fsp3) is 0.250. The van der Waals surface area contributed by atoms with Crippen LogP contribution in [-0.2, 0) is 4.79 Å². The van der Waals surface area contributed by atoms with Gasteiger partial charge in [0.1, 0.15) is 10.9 Å². The second-order valence-corrected chi connectivity index (χ2v) is 8.26. The quantitative estimate of drug-likeness (QED) is 0.459. The Kier molecular flexibility index (Phi) is 4.88. The molecule has 0 fully saturated rings. The van der Waals surface area contributed by atoms with Crippen molar-refractivity contribution in [1.29, 1.82) is 0 Å². The summed E-state index contributed by atoms with van der Waals surface area (Å²) in [5, 5.41) is 11.5. The summed E-state index contributed by atoms with van der Waals surface area (Å²) in [6, 6.07) is 12.3. The van der Waals surface area contributed by atoms with Crippen LogP contribution < -0.4 is 4.90 Å². The number of aromatic nitrogens is 3. The minimum absolute atomic E-state index is 0.0713. The van der Waals surface area contributed by atoms with Crippen LogP contribution in [0.4, 0.5) is 5.69 Å². The number of rotatable bonds is 5. The summed E-state index contributed by atoms with van der Waals surface area (Å²) in [4.78, 5) is 14.7. The molecule has 0 N–H and O–H groups in total. The van der Waals surface area contributed by atoms with Gasteiger partial charge in [0.2, 0.25) is 5.91 Å². The van der Waals surface area contributed by atoms with Crippen LogP contribution in [0.2, 0.25) is 0 Å². The molecule has 0 aliphatic heterocycles. The second kappa shape index (κ2) is 7.32. The van der Waals surface area contributed by atoms with Crippen molar-refractivity contribution < 1.29 is 4.79 Å². The first kappa shape index (κ1) is 18.0. The first-order chi connectivity index (χ1) is 13.1. The predicted molar refractivity (Wildman–Crippen MR) is 113 cm³/mol. The standard InChI is InChI=1S/C20H20N4OS2/c1-4-23(15-7-5-6-13(2)10-15)19(25)12-27-20-17-11-18-16(8-9-26-18)24(17)14(3)21-22-20/h5-11H,4,12H2,1-3H3. The maximum Gasteiger partial charge on any atom is 0.237 e. The van der Waals surface area contributed by atoms with Crippen molar-refractivity contribution in [2.45, 2.75) is 25.8 Å². The minimum Gasteiger partial charge on any atom is -0.312 e. The maximum absolute atomic E-state index is 12.8. The highest BCUT2D eigenvalue weighted by Crippen LogP contribution is 2.31. The average Bonchev–Trinajstić information content (AvgIpc) is 3.23. The summed E-state index contributed by atoms with van der Waals surface area (Å²) in [5.74, 6) is 1.25. The zero-order chi connectivity index (χ0) is 19.0. The Hall–Kier alpha value is -2.38. The highest BCUT2D eigenvalue weighted by molar-refractivity contribution is 8.00. The number of hydrogen-bond acceptors (Lipinski definition) is 5. The van der Waals surface area contributed by atoms with Gasteiger partial charge in [0, 0.05) is 12.2 Å². The van der Waals surface area contributed by atoms with Crippen LogP contribution in [-0.4, -0.2) is 32.8 Å². The Bertz CT molecular complexity index is 1130. The summed E-state index contributed by atoms with van der Waals surface area (Å²) in [6.07, 6.45) is 0. The molecule has 0 unspecified atom stereocenters. The molecule has 5 nitrogen and oxygen atoms in total. The van der Waals surface area contributed by atoms with Gasteiger partial charge < -0.3 is 4.90 Å². The SMILES string of the molecule is CCN(C(=O)CSc1nnc(C)n2c1cc1sccc12)c1cccc(C)c1. The molecular formula is C20H20N4OS2. The van der Waals surface area contributed by atoms with Crippen molar-refractivity contribution in [3.8, 4) is 0 Å². The molecule has 1 amide bonds. The van der Waals surface area contributed by atoms with Gasteiger partial charge in [0.25, 0.3) is 0 Å². The van der Waals surface area contributed by atoms with Crippen molar-refractivity contribution in [3.63, 3.8) is 0 Å². The van der Waals surface area contributed by atoms with E-state index in [-0.39, 0.29) is 5.91 Å². The van der Waals surface area contributed by atoms with Gasteiger partial charge in [0.05, 0.1) is 21.5 Å². The summed E-state index contributed by atoms with van der Waals surface area (Å²) in [5.41, 5.74) is 4.24.